The van der Waals surface area contributed by atoms with Gasteiger partial charge in [-0.15, -0.1) is 0 Å². The molecule has 0 fully saturated rings. The highest BCUT2D eigenvalue weighted by Gasteiger charge is 2.07. The van der Waals surface area contributed by atoms with Gasteiger partial charge in [0.2, 0.25) is 0 Å². The molecule has 0 bridgehead atoms. The molecule has 0 amide bonds. The summed E-state index contributed by atoms with van der Waals surface area (Å²) in [5.74, 6) is 0.0282. The molecule has 0 N–H and O–H groups in total. The van der Waals surface area contributed by atoms with Crippen LogP contribution in [0.3, 0.4) is 0 Å². The average molecular weight is 366 g/mol. The molecule has 1 aromatic carbocycles. The second kappa shape index (κ2) is 4.77. The minimum atomic E-state index is -0.355. The Morgan fingerprint density at radius 2 is 1.94 bits per heavy atom. The first-order valence-corrected chi connectivity index (χ1v) is 6.17. The van der Waals surface area contributed by atoms with E-state index in [0.717, 1.165) is 0 Å². The highest BCUT2D eigenvalue weighted by atomic mass is 79.9. The van der Waals surface area contributed by atoms with Crippen LogP contribution >= 0.6 is 43.5 Å². The Kier molecular flexibility index (Phi) is 3.56. The first kappa shape index (κ1) is 12.0. The van der Waals surface area contributed by atoms with Crippen molar-refractivity contribution in [3.63, 3.8) is 0 Å². The zero-order valence-corrected chi connectivity index (χ0v) is 11.6. The molecule has 0 atom stereocenters. The number of rotatable bonds is 1. The maximum atomic E-state index is 13.2. The quantitative estimate of drug-likeness (QED) is 0.697. The number of nitrogens with zero attached hydrogens (tertiary/aromatic N) is 2. The van der Waals surface area contributed by atoms with Crippen LogP contribution in [-0.2, 0) is 0 Å². The Morgan fingerprint density at radius 3 is 2.56 bits per heavy atom. The summed E-state index contributed by atoms with van der Waals surface area (Å²) >= 11 is 12.2. The molecule has 0 unspecified atom stereocenters. The third kappa shape index (κ3) is 2.59. The summed E-state index contributed by atoms with van der Waals surface area (Å²) in [7, 11) is 0. The van der Waals surface area contributed by atoms with E-state index in [9.17, 15) is 4.39 Å². The molecule has 1 aromatic heterocycles. The van der Waals surface area contributed by atoms with Gasteiger partial charge in [-0.2, -0.15) is 0 Å². The summed E-state index contributed by atoms with van der Waals surface area (Å²) in [6.07, 6.45) is 1.53. The normalized spacial score (nSPS) is 10.5. The topological polar surface area (TPSA) is 25.8 Å². The zero-order valence-electron chi connectivity index (χ0n) is 7.72. The molecule has 0 saturated heterocycles. The van der Waals surface area contributed by atoms with E-state index in [2.05, 4.69) is 41.8 Å². The maximum Gasteiger partial charge on any atom is 0.161 e. The highest BCUT2D eigenvalue weighted by Crippen LogP contribution is 2.25. The summed E-state index contributed by atoms with van der Waals surface area (Å²) in [5.41, 5.74) is 0.571. The lowest BCUT2D eigenvalue weighted by Crippen LogP contribution is -1.90. The van der Waals surface area contributed by atoms with Crippen LogP contribution < -0.4 is 0 Å². The third-order valence-corrected chi connectivity index (χ3v) is 3.38. The second-order valence-corrected chi connectivity index (χ2v) is 5.12. The van der Waals surface area contributed by atoms with Crippen molar-refractivity contribution in [2.75, 3.05) is 0 Å². The molecule has 0 radical (unpaired) electrons. The van der Waals surface area contributed by atoms with Crippen LogP contribution in [-0.4, -0.2) is 9.97 Å². The van der Waals surface area contributed by atoms with Crippen molar-refractivity contribution in [3.05, 3.63) is 44.3 Å². The summed E-state index contributed by atoms with van der Waals surface area (Å²) < 4.78 is 14.4. The lowest BCUT2D eigenvalue weighted by Gasteiger charge is -2.02. The summed E-state index contributed by atoms with van der Waals surface area (Å²) in [6, 6.07) is 4.44. The molecule has 2 nitrogen and oxygen atoms in total. The molecule has 2 rings (SSSR count). The van der Waals surface area contributed by atoms with Crippen LogP contribution in [0.15, 0.2) is 33.3 Å². The molecule has 2 aromatic rings. The van der Waals surface area contributed by atoms with Crippen molar-refractivity contribution >= 4 is 43.5 Å². The van der Waals surface area contributed by atoms with Gasteiger partial charge in [-0.3, -0.25) is 0 Å². The molecule has 0 saturated carbocycles. The maximum absolute atomic E-state index is 13.2. The SMILES string of the molecule is Fc1cc(Br)cc(-c2ncc(Br)c(Cl)n2)c1. The van der Waals surface area contributed by atoms with Crippen LogP contribution in [0.5, 0.6) is 0 Å². The van der Waals surface area contributed by atoms with Crippen LogP contribution in [0.4, 0.5) is 4.39 Å². The molecular weight excluding hydrogens is 362 g/mol. The molecule has 0 aliphatic heterocycles. The monoisotopic (exact) mass is 364 g/mol. The summed E-state index contributed by atoms with van der Waals surface area (Å²) in [5, 5.41) is 0.297. The van der Waals surface area contributed by atoms with Gasteiger partial charge in [-0.1, -0.05) is 27.5 Å². The Labute approximate surface area is 113 Å². The number of aromatic nitrogens is 2. The van der Waals surface area contributed by atoms with E-state index in [1.54, 1.807) is 6.07 Å². The smallest absolute Gasteiger partial charge is 0.161 e. The van der Waals surface area contributed by atoms with Gasteiger partial charge >= 0.3 is 0 Å². The molecule has 0 aliphatic carbocycles. The molecule has 1 heterocycles. The van der Waals surface area contributed by atoms with Crippen LogP contribution in [0.1, 0.15) is 0 Å². The predicted molar refractivity (Wildman–Crippen MR) is 67.8 cm³/mol. The van der Waals surface area contributed by atoms with E-state index in [1.165, 1.54) is 18.3 Å². The van der Waals surface area contributed by atoms with Gasteiger partial charge in [-0.05, 0) is 34.1 Å². The number of halogens is 4. The zero-order chi connectivity index (χ0) is 11.7. The van der Waals surface area contributed by atoms with Gasteiger partial charge in [0, 0.05) is 16.2 Å². The van der Waals surface area contributed by atoms with Gasteiger partial charge in [0.1, 0.15) is 11.0 Å². The van der Waals surface area contributed by atoms with Crippen molar-refractivity contribution in [1.29, 1.82) is 0 Å². The van der Waals surface area contributed by atoms with Gasteiger partial charge in [-0.25, -0.2) is 14.4 Å². The fourth-order valence-corrected chi connectivity index (χ4v) is 1.95. The first-order valence-electron chi connectivity index (χ1n) is 4.21. The number of hydrogen-bond donors (Lipinski definition) is 0. The lowest BCUT2D eigenvalue weighted by molar-refractivity contribution is 0.627. The Balaban J connectivity index is 2.54. The van der Waals surface area contributed by atoms with Crippen molar-refractivity contribution in [2.24, 2.45) is 0 Å². The number of benzene rings is 1. The molecule has 16 heavy (non-hydrogen) atoms. The number of hydrogen-bond acceptors (Lipinski definition) is 2. The highest BCUT2D eigenvalue weighted by molar-refractivity contribution is 9.10. The molecule has 6 heteroatoms. The van der Waals surface area contributed by atoms with Crippen molar-refractivity contribution in [3.8, 4) is 11.4 Å². The molecule has 0 spiro atoms. The van der Waals surface area contributed by atoms with E-state index in [0.29, 0.717) is 25.5 Å². The molecule has 0 aliphatic rings. The van der Waals surface area contributed by atoms with Gasteiger partial charge < -0.3 is 0 Å². The van der Waals surface area contributed by atoms with Crippen LogP contribution in [0, 0.1) is 5.82 Å². The Hall–Kier alpha value is -0.520. The van der Waals surface area contributed by atoms with Crippen molar-refractivity contribution < 1.29 is 4.39 Å². The second-order valence-electron chi connectivity index (χ2n) is 2.99. The molecule has 82 valence electrons. The van der Waals surface area contributed by atoms with E-state index in [-0.39, 0.29) is 5.82 Å². The third-order valence-electron chi connectivity index (χ3n) is 1.82. The predicted octanol–water partition coefficient (Wildman–Crippen LogP) is 4.46. The fraction of sp³-hybridized carbons (Fsp3) is 0. The standard InChI is InChI=1S/C10H4Br2ClFN2/c11-6-1-5(2-7(14)3-6)10-15-4-8(12)9(13)16-10/h1-4H. The Morgan fingerprint density at radius 1 is 1.19 bits per heavy atom. The minimum Gasteiger partial charge on any atom is -0.235 e. The van der Waals surface area contributed by atoms with Crippen molar-refractivity contribution in [2.45, 2.75) is 0 Å². The molecular formula is C10H4Br2ClFN2. The van der Waals surface area contributed by atoms with Gasteiger partial charge in [0.15, 0.2) is 5.82 Å². The summed E-state index contributed by atoms with van der Waals surface area (Å²) in [6.45, 7) is 0. The summed E-state index contributed by atoms with van der Waals surface area (Å²) in [4.78, 5) is 8.11. The first-order chi connectivity index (χ1) is 7.56. The fourth-order valence-electron chi connectivity index (χ4n) is 1.17. The van der Waals surface area contributed by atoms with Gasteiger partial charge in [0.05, 0.1) is 4.47 Å². The van der Waals surface area contributed by atoms with E-state index in [1.807, 2.05) is 0 Å². The van der Waals surface area contributed by atoms with Crippen molar-refractivity contribution in [1.82, 2.24) is 9.97 Å². The average Bonchev–Trinajstić information content (AvgIpc) is 2.20. The lowest BCUT2D eigenvalue weighted by atomic mass is 10.2. The van der Waals surface area contributed by atoms with Crippen LogP contribution in [0.25, 0.3) is 11.4 Å². The van der Waals surface area contributed by atoms with E-state index >= 15 is 0 Å². The Bertz CT molecular complexity index is 528. The van der Waals surface area contributed by atoms with E-state index in [4.69, 9.17) is 11.6 Å². The largest absolute Gasteiger partial charge is 0.235 e. The van der Waals surface area contributed by atoms with Gasteiger partial charge in [0.25, 0.3) is 0 Å². The van der Waals surface area contributed by atoms with Crippen LogP contribution in [0.2, 0.25) is 5.15 Å². The minimum absolute atomic E-state index is 0.297. The van der Waals surface area contributed by atoms with E-state index < -0.39 is 0 Å².